The van der Waals surface area contributed by atoms with Crippen LogP contribution >= 0.6 is 0 Å². The number of rotatable bonds is 3. The maximum Gasteiger partial charge on any atom is 0.264 e. The van der Waals surface area contributed by atoms with Crippen LogP contribution in [0.4, 0.5) is 10.1 Å². The molecule has 0 saturated heterocycles. The van der Waals surface area contributed by atoms with E-state index in [0.717, 1.165) is 4.31 Å². The molecule has 0 atom stereocenters. The molecule has 0 saturated carbocycles. The SMILES string of the molecule is NC(=O)c1ccc(S(=O)(=O)N2CCCc3cccc(F)c32)cc1. The van der Waals surface area contributed by atoms with E-state index in [1.807, 2.05) is 0 Å². The lowest BCUT2D eigenvalue weighted by molar-refractivity contribution is 0.1000. The number of amides is 1. The second-order valence-corrected chi connectivity index (χ2v) is 7.18. The molecule has 1 aliphatic heterocycles. The number of sulfonamides is 1. The standard InChI is InChI=1S/C16H15FN2O3S/c17-14-5-1-3-11-4-2-10-19(15(11)14)23(21,22)13-8-6-12(7-9-13)16(18)20/h1,3,5-9H,2,4,10H2,(H2,18,20). The van der Waals surface area contributed by atoms with Crippen LogP contribution in [-0.2, 0) is 16.4 Å². The molecule has 2 aromatic carbocycles. The van der Waals surface area contributed by atoms with Gasteiger partial charge in [0.25, 0.3) is 10.0 Å². The highest BCUT2D eigenvalue weighted by atomic mass is 32.2. The average molecular weight is 334 g/mol. The van der Waals surface area contributed by atoms with Crippen LogP contribution in [0.1, 0.15) is 22.3 Å². The van der Waals surface area contributed by atoms with E-state index in [9.17, 15) is 17.6 Å². The van der Waals surface area contributed by atoms with Crippen LogP contribution < -0.4 is 10.0 Å². The van der Waals surface area contributed by atoms with Crippen molar-refractivity contribution in [3.63, 3.8) is 0 Å². The molecule has 0 spiro atoms. The van der Waals surface area contributed by atoms with Crippen molar-refractivity contribution in [2.75, 3.05) is 10.8 Å². The maximum atomic E-state index is 14.2. The molecule has 0 aromatic heterocycles. The third-order valence-corrected chi connectivity index (χ3v) is 5.67. The van der Waals surface area contributed by atoms with Crippen molar-refractivity contribution >= 4 is 21.6 Å². The van der Waals surface area contributed by atoms with Crippen LogP contribution in [0.2, 0.25) is 0 Å². The van der Waals surface area contributed by atoms with Gasteiger partial charge in [-0.05, 0) is 48.7 Å². The molecular formula is C16H15FN2O3S. The number of hydrogen-bond donors (Lipinski definition) is 1. The van der Waals surface area contributed by atoms with Gasteiger partial charge in [-0.1, -0.05) is 12.1 Å². The zero-order chi connectivity index (χ0) is 16.6. The van der Waals surface area contributed by atoms with Crippen LogP contribution in [0.5, 0.6) is 0 Å². The molecule has 2 aromatic rings. The largest absolute Gasteiger partial charge is 0.366 e. The molecule has 120 valence electrons. The van der Waals surface area contributed by atoms with Gasteiger partial charge in [0.1, 0.15) is 5.82 Å². The Morgan fingerprint density at radius 1 is 1.13 bits per heavy atom. The van der Waals surface area contributed by atoms with Crippen molar-refractivity contribution in [2.45, 2.75) is 17.7 Å². The lowest BCUT2D eigenvalue weighted by Gasteiger charge is -2.30. The number of aryl methyl sites for hydroxylation is 1. The minimum atomic E-state index is -3.90. The lowest BCUT2D eigenvalue weighted by Crippen LogP contribution is -2.36. The van der Waals surface area contributed by atoms with Crippen molar-refractivity contribution in [1.82, 2.24) is 0 Å². The lowest BCUT2D eigenvalue weighted by atomic mass is 10.0. The van der Waals surface area contributed by atoms with E-state index in [-0.39, 0.29) is 22.7 Å². The molecule has 0 aliphatic carbocycles. The average Bonchev–Trinajstić information content (AvgIpc) is 2.54. The molecule has 3 rings (SSSR count). The third-order valence-electron chi connectivity index (χ3n) is 3.85. The van der Waals surface area contributed by atoms with E-state index in [2.05, 4.69) is 0 Å². The number of carbonyl (C=O) groups excluding carboxylic acids is 1. The summed E-state index contributed by atoms with van der Waals surface area (Å²) < 4.78 is 40.9. The summed E-state index contributed by atoms with van der Waals surface area (Å²) in [5.41, 5.74) is 6.15. The second-order valence-electron chi connectivity index (χ2n) is 5.32. The summed E-state index contributed by atoms with van der Waals surface area (Å²) in [6.07, 6.45) is 1.26. The fourth-order valence-electron chi connectivity index (χ4n) is 2.72. The maximum absolute atomic E-state index is 14.2. The molecular weight excluding hydrogens is 319 g/mol. The van der Waals surface area contributed by atoms with Gasteiger partial charge in [0, 0.05) is 12.1 Å². The first-order valence-electron chi connectivity index (χ1n) is 7.11. The highest BCUT2D eigenvalue weighted by Gasteiger charge is 2.31. The Balaban J connectivity index is 2.06. The van der Waals surface area contributed by atoms with Crippen molar-refractivity contribution in [2.24, 2.45) is 5.73 Å². The number of carbonyl (C=O) groups is 1. The zero-order valence-electron chi connectivity index (χ0n) is 12.2. The van der Waals surface area contributed by atoms with Crippen LogP contribution in [0.25, 0.3) is 0 Å². The van der Waals surface area contributed by atoms with Crippen LogP contribution in [0, 0.1) is 5.82 Å². The summed E-state index contributed by atoms with van der Waals surface area (Å²) in [5.74, 6) is -1.19. The van der Waals surface area contributed by atoms with E-state index in [1.54, 1.807) is 12.1 Å². The first kappa shape index (κ1) is 15.5. The van der Waals surface area contributed by atoms with E-state index in [0.29, 0.717) is 18.4 Å². The fraction of sp³-hybridized carbons (Fsp3) is 0.188. The molecule has 23 heavy (non-hydrogen) atoms. The molecule has 7 heteroatoms. The number of nitrogens with zero attached hydrogens (tertiary/aromatic N) is 1. The summed E-state index contributed by atoms with van der Waals surface area (Å²) in [7, 11) is -3.90. The number of benzene rings is 2. The molecule has 0 radical (unpaired) electrons. The van der Waals surface area contributed by atoms with E-state index >= 15 is 0 Å². The van der Waals surface area contributed by atoms with Gasteiger partial charge in [0.2, 0.25) is 5.91 Å². The second kappa shape index (κ2) is 5.66. The summed E-state index contributed by atoms with van der Waals surface area (Å²) in [5, 5.41) is 0. The Hall–Kier alpha value is -2.41. The Kier molecular flexibility index (Phi) is 3.81. The molecule has 1 amide bonds. The third kappa shape index (κ3) is 2.68. The smallest absolute Gasteiger partial charge is 0.264 e. The fourth-order valence-corrected chi connectivity index (χ4v) is 4.27. The Labute approximate surface area is 133 Å². The van der Waals surface area contributed by atoms with Gasteiger partial charge in [-0.2, -0.15) is 0 Å². The summed E-state index contributed by atoms with van der Waals surface area (Å²) in [6.45, 7) is 0.216. The van der Waals surface area contributed by atoms with Crippen LogP contribution in [-0.4, -0.2) is 20.9 Å². The number of fused-ring (bicyclic) bond motifs is 1. The first-order valence-corrected chi connectivity index (χ1v) is 8.55. The van der Waals surface area contributed by atoms with Crippen molar-refractivity contribution in [1.29, 1.82) is 0 Å². The zero-order valence-corrected chi connectivity index (χ0v) is 13.0. The van der Waals surface area contributed by atoms with Gasteiger partial charge in [0.05, 0.1) is 10.6 Å². The minimum absolute atomic E-state index is 0.00129. The van der Waals surface area contributed by atoms with Crippen LogP contribution in [0.3, 0.4) is 0 Å². The first-order chi connectivity index (χ1) is 10.9. The molecule has 1 aliphatic rings. The van der Waals surface area contributed by atoms with Gasteiger partial charge < -0.3 is 5.73 Å². The van der Waals surface area contributed by atoms with E-state index < -0.39 is 21.7 Å². The van der Waals surface area contributed by atoms with Crippen LogP contribution in [0.15, 0.2) is 47.4 Å². The highest BCUT2D eigenvalue weighted by Crippen LogP contribution is 2.34. The van der Waals surface area contributed by atoms with E-state index in [1.165, 1.54) is 30.3 Å². The predicted octanol–water partition coefficient (Wildman–Crippen LogP) is 2.07. The number of primary amides is 1. The Bertz CT molecular complexity index is 863. The molecule has 0 unspecified atom stereocenters. The summed E-state index contributed by atoms with van der Waals surface area (Å²) in [6, 6.07) is 9.88. The van der Waals surface area contributed by atoms with Gasteiger partial charge in [-0.3, -0.25) is 9.10 Å². The number of hydrogen-bond acceptors (Lipinski definition) is 3. The molecule has 1 heterocycles. The minimum Gasteiger partial charge on any atom is -0.366 e. The van der Waals surface area contributed by atoms with Gasteiger partial charge in [0.15, 0.2) is 0 Å². The van der Waals surface area contributed by atoms with Gasteiger partial charge >= 0.3 is 0 Å². The number of halogens is 1. The topological polar surface area (TPSA) is 80.5 Å². The van der Waals surface area contributed by atoms with E-state index in [4.69, 9.17) is 5.73 Å². The van der Waals surface area contributed by atoms with Gasteiger partial charge in [-0.25, -0.2) is 12.8 Å². The normalized spacial score (nSPS) is 14.4. The quantitative estimate of drug-likeness (QED) is 0.933. The molecule has 0 fully saturated rings. The Morgan fingerprint density at radius 3 is 2.48 bits per heavy atom. The van der Waals surface area contributed by atoms with Gasteiger partial charge in [-0.15, -0.1) is 0 Å². The molecule has 0 bridgehead atoms. The summed E-state index contributed by atoms with van der Waals surface area (Å²) >= 11 is 0. The monoisotopic (exact) mass is 334 g/mol. The number of para-hydroxylation sites is 1. The highest BCUT2D eigenvalue weighted by molar-refractivity contribution is 7.92. The number of anilines is 1. The summed E-state index contributed by atoms with van der Waals surface area (Å²) in [4.78, 5) is 11.1. The molecule has 5 nitrogen and oxygen atoms in total. The Morgan fingerprint density at radius 2 is 1.83 bits per heavy atom. The van der Waals surface area contributed by atoms with Crippen molar-refractivity contribution in [3.8, 4) is 0 Å². The number of nitrogens with two attached hydrogens (primary N) is 1. The molecule has 2 N–H and O–H groups in total. The predicted molar refractivity (Wildman–Crippen MR) is 84.2 cm³/mol. The van der Waals surface area contributed by atoms with Crippen molar-refractivity contribution in [3.05, 3.63) is 59.4 Å². The van der Waals surface area contributed by atoms with Crippen molar-refractivity contribution < 1.29 is 17.6 Å².